The van der Waals surface area contributed by atoms with Gasteiger partial charge in [-0.2, -0.15) is 0 Å². The van der Waals surface area contributed by atoms with E-state index in [0.717, 1.165) is 22.3 Å². The van der Waals surface area contributed by atoms with Crippen molar-refractivity contribution in [3.63, 3.8) is 0 Å². The Hall–Kier alpha value is -1.81. The van der Waals surface area contributed by atoms with E-state index in [4.69, 9.17) is 0 Å². The van der Waals surface area contributed by atoms with Crippen LogP contribution in [0.1, 0.15) is 42.0 Å². The molecule has 1 N–H and O–H groups in total. The lowest BCUT2D eigenvalue weighted by Crippen LogP contribution is -2.16. The first-order valence-electron chi connectivity index (χ1n) is 7.41. The van der Waals surface area contributed by atoms with Crippen LogP contribution in [-0.2, 0) is 10.0 Å². The molecule has 2 aromatic carbocycles. The number of hydrogen-bond donors (Lipinski definition) is 1. The molecule has 0 heterocycles. The van der Waals surface area contributed by atoms with Gasteiger partial charge in [-0.05, 0) is 55.5 Å². The number of rotatable bonds is 4. The first kappa shape index (κ1) is 16.6. The molecule has 0 aliphatic heterocycles. The highest BCUT2D eigenvalue weighted by Gasteiger charge is 2.20. The minimum atomic E-state index is -3.58. The lowest BCUT2D eigenvalue weighted by molar-refractivity contribution is 0.600. The fraction of sp³-hybridized carbons (Fsp3) is 0.333. The van der Waals surface area contributed by atoms with Gasteiger partial charge in [0.25, 0.3) is 10.0 Å². The maximum absolute atomic E-state index is 12.7. The van der Waals surface area contributed by atoms with E-state index in [1.165, 1.54) is 0 Å². The molecule has 0 spiro atoms. The van der Waals surface area contributed by atoms with E-state index < -0.39 is 10.0 Å². The summed E-state index contributed by atoms with van der Waals surface area (Å²) in [5, 5.41) is 0. The molecule has 0 radical (unpaired) electrons. The molecule has 0 unspecified atom stereocenters. The Balaban J connectivity index is 2.43. The Morgan fingerprint density at radius 2 is 1.55 bits per heavy atom. The fourth-order valence-corrected chi connectivity index (χ4v) is 4.26. The summed E-state index contributed by atoms with van der Waals surface area (Å²) in [6, 6.07) is 11.3. The van der Waals surface area contributed by atoms with Gasteiger partial charge in [-0.15, -0.1) is 0 Å². The Morgan fingerprint density at radius 1 is 0.955 bits per heavy atom. The second-order valence-corrected chi connectivity index (χ2v) is 7.73. The van der Waals surface area contributed by atoms with Gasteiger partial charge in [0.1, 0.15) is 0 Å². The van der Waals surface area contributed by atoms with Gasteiger partial charge >= 0.3 is 0 Å². The number of hydrogen-bond acceptors (Lipinski definition) is 2. The smallest absolute Gasteiger partial charge is 0.262 e. The zero-order chi connectivity index (χ0) is 16.5. The molecule has 0 aliphatic rings. The third-order valence-electron chi connectivity index (χ3n) is 3.68. The molecule has 4 heteroatoms. The summed E-state index contributed by atoms with van der Waals surface area (Å²) < 4.78 is 28.2. The second kappa shape index (κ2) is 6.13. The molecule has 118 valence electrons. The highest BCUT2D eigenvalue weighted by molar-refractivity contribution is 7.92. The normalized spacial score (nSPS) is 11.7. The van der Waals surface area contributed by atoms with Crippen LogP contribution in [0.2, 0.25) is 0 Å². The van der Waals surface area contributed by atoms with Gasteiger partial charge < -0.3 is 0 Å². The van der Waals surface area contributed by atoms with Crippen LogP contribution in [0.15, 0.2) is 41.3 Å². The van der Waals surface area contributed by atoms with Crippen LogP contribution in [0.25, 0.3) is 0 Å². The Morgan fingerprint density at radius 3 is 2.09 bits per heavy atom. The lowest BCUT2D eigenvalue weighted by Gasteiger charge is -2.15. The van der Waals surface area contributed by atoms with Crippen molar-refractivity contribution in [2.75, 3.05) is 4.72 Å². The van der Waals surface area contributed by atoms with Crippen molar-refractivity contribution in [3.05, 3.63) is 58.7 Å². The third-order valence-corrected chi connectivity index (χ3v) is 5.36. The molecule has 0 aromatic heterocycles. The molecule has 2 rings (SSSR count). The van der Waals surface area contributed by atoms with E-state index in [0.29, 0.717) is 16.5 Å². The number of nitrogens with one attached hydrogen (secondary N) is 1. The molecule has 0 saturated heterocycles. The van der Waals surface area contributed by atoms with Crippen LogP contribution >= 0.6 is 0 Å². The second-order valence-electron chi connectivity index (χ2n) is 6.11. The molecule has 0 amide bonds. The summed E-state index contributed by atoms with van der Waals surface area (Å²) in [5.74, 6) is 0.354. The topological polar surface area (TPSA) is 46.2 Å². The Bertz CT molecular complexity index is 769. The molecule has 3 nitrogen and oxygen atoms in total. The average molecular weight is 317 g/mol. The Labute approximate surface area is 133 Å². The van der Waals surface area contributed by atoms with Crippen molar-refractivity contribution in [1.82, 2.24) is 0 Å². The fourth-order valence-electron chi connectivity index (χ4n) is 2.76. The minimum absolute atomic E-state index is 0.354. The van der Waals surface area contributed by atoms with Crippen LogP contribution in [0.3, 0.4) is 0 Å². The summed E-state index contributed by atoms with van der Waals surface area (Å²) in [5.41, 5.74) is 4.31. The summed E-state index contributed by atoms with van der Waals surface area (Å²) >= 11 is 0. The SMILES string of the molecule is Cc1cc(C)c(S(=O)(=O)Nc2cccc(C(C)C)c2)c(C)c1. The summed E-state index contributed by atoms with van der Waals surface area (Å²) in [4.78, 5) is 0.369. The molecule has 0 saturated carbocycles. The maximum Gasteiger partial charge on any atom is 0.262 e. The quantitative estimate of drug-likeness (QED) is 0.900. The van der Waals surface area contributed by atoms with Crippen LogP contribution in [-0.4, -0.2) is 8.42 Å². The van der Waals surface area contributed by atoms with Crippen molar-refractivity contribution in [3.8, 4) is 0 Å². The maximum atomic E-state index is 12.7. The monoisotopic (exact) mass is 317 g/mol. The van der Waals surface area contributed by atoms with Crippen LogP contribution in [0.5, 0.6) is 0 Å². The number of benzene rings is 2. The molecular formula is C18H23NO2S. The largest absolute Gasteiger partial charge is 0.280 e. The van der Waals surface area contributed by atoms with Gasteiger partial charge in [-0.25, -0.2) is 8.42 Å². The predicted octanol–water partition coefficient (Wildman–Crippen LogP) is 4.54. The van der Waals surface area contributed by atoms with Gasteiger partial charge in [-0.1, -0.05) is 43.7 Å². The van der Waals surface area contributed by atoms with E-state index in [1.807, 2.05) is 51.1 Å². The molecule has 22 heavy (non-hydrogen) atoms. The standard InChI is InChI=1S/C18H23NO2S/c1-12(2)16-7-6-8-17(11-16)19-22(20,21)18-14(4)9-13(3)10-15(18)5/h6-12,19H,1-5H3. The summed E-state index contributed by atoms with van der Waals surface area (Å²) in [7, 11) is -3.58. The highest BCUT2D eigenvalue weighted by Crippen LogP contribution is 2.25. The number of aryl methyl sites for hydroxylation is 3. The Kier molecular flexibility index (Phi) is 4.61. The molecule has 2 aromatic rings. The minimum Gasteiger partial charge on any atom is -0.280 e. The molecule has 0 atom stereocenters. The van der Waals surface area contributed by atoms with Gasteiger partial charge in [0.2, 0.25) is 0 Å². The van der Waals surface area contributed by atoms with Gasteiger partial charge in [0.15, 0.2) is 0 Å². The van der Waals surface area contributed by atoms with Crippen molar-refractivity contribution in [1.29, 1.82) is 0 Å². The first-order valence-corrected chi connectivity index (χ1v) is 8.89. The number of sulfonamides is 1. The van der Waals surface area contributed by atoms with Gasteiger partial charge in [0, 0.05) is 5.69 Å². The van der Waals surface area contributed by atoms with Crippen LogP contribution in [0, 0.1) is 20.8 Å². The summed E-state index contributed by atoms with van der Waals surface area (Å²) in [6.45, 7) is 9.80. The van der Waals surface area contributed by atoms with Crippen molar-refractivity contribution in [2.24, 2.45) is 0 Å². The molecule has 0 fully saturated rings. The first-order chi connectivity index (χ1) is 10.2. The van der Waals surface area contributed by atoms with E-state index in [2.05, 4.69) is 18.6 Å². The van der Waals surface area contributed by atoms with Crippen molar-refractivity contribution < 1.29 is 8.42 Å². The van der Waals surface area contributed by atoms with E-state index in [1.54, 1.807) is 6.07 Å². The summed E-state index contributed by atoms with van der Waals surface area (Å²) in [6.07, 6.45) is 0. The van der Waals surface area contributed by atoms with Crippen molar-refractivity contribution >= 4 is 15.7 Å². The zero-order valence-corrected chi connectivity index (χ0v) is 14.6. The predicted molar refractivity (Wildman–Crippen MR) is 92.0 cm³/mol. The highest BCUT2D eigenvalue weighted by atomic mass is 32.2. The molecule has 0 bridgehead atoms. The van der Waals surface area contributed by atoms with Gasteiger partial charge in [-0.3, -0.25) is 4.72 Å². The third kappa shape index (κ3) is 3.50. The van der Waals surface area contributed by atoms with E-state index in [-0.39, 0.29) is 0 Å². The lowest BCUT2D eigenvalue weighted by atomic mass is 10.0. The van der Waals surface area contributed by atoms with Crippen molar-refractivity contribution in [2.45, 2.75) is 45.4 Å². The van der Waals surface area contributed by atoms with Crippen LogP contribution in [0.4, 0.5) is 5.69 Å². The molecular weight excluding hydrogens is 294 g/mol. The molecule has 0 aliphatic carbocycles. The van der Waals surface area contributed by atoms with Gasteiger partial charge in [0.05, 0.1) is 4.90 Å². The van der Waals surface area contributed by atoms with E-state index >= 15 is 0 Å². The van der Waals surface area contributed by atoms with E-state index in [9.17, 15) is 8.42 Å². The average Bonchev–Trinajstić information content (AvgIpc) is 2.36. The number of anilines is 1. The van der Waals surface area contributed by atoms with Crippen LogP contribution < -0.4 is 4.72 Å². The zero-order valence-electron chi connectivity index (χ0n) is 13.8.